The number of aliphatic carboxylic acids is 3. The van der Waals surface area contributed by atoms with Crippen molar-refractivity contribution in [1.29, 1.82) is 0 Å². The second-order valence-corrected chi connectivity index (χ2v) is 8.41. The Bertz CT molecular complexity index is 988. The van der Waals surface area contributed by atoms with Crippen molar-refractivity contribution in [3.8, 4) is 5.75 Å². The molecular weight excluding hydrogens is 512 g/mol. The third-order valence-corrected chi connectivity index (χ3v) is 5.45. The van der Waals surface area contributed by atoms with E-state index in [2.05, 4.69) is 28.6 Å². The van der Waals surface area contributed by atoms with Crippen LogP contribution in [0.5, 0.6) is 5.75 Å². The van der Waals surface area contributed by atoms with Gasteiger partial charge in [-0.1, -0.05) is 12.1 Å². The van der Waals surface area contributed by atoms with Crippen LogP contribution in [0.25, 0.3) is 0 Å². The fourth-order valence-corrected chi connectivity index (χ4v) is 3.32. The van der Waals surface area contributed by atoms with Crippen LogP contribution >= 0.6 is 12.6 Å². The predicted molar refractivity (Wildman–Crippen MR) is 131 cm³/mol. The fourth-order valence-electron chi connectivity index (χ4n) is 3.06. The molecule has 0 bridgehead atoms. The third-order valence-electron chi connectivity index (χ3n) is 5.09. The summed E-state index contributed by atoms with van der Waals surface area (Å²) < 4.78 is 0. The lowest BCUT2D eigenvalue weighted by Crippen LogP contribution is -2.57. The van der Waals surface area contributed by atoms with Gasteiger partial charge in [0.2, 0.25) is 17.7 Å². The number of phenols is 1. The number of thiol groups is 1. The molecule has 0 aliphatic carbocycles. The normalized spacial score (nSPS) is 13.9. The second-order valence-electron chi connectivity index (χ2n) is 8.05. The largest absolute Gasteiger partial charge is 0.508 e. The van der Waals surface area contributed by atoms with Gasteiger partial charge in [0.25, 0.3) is 0 Å². The van der Waals surface area contributed by atoms with Crippen molar-refractivity contribution in [3.63, 3.8) is 0 Å². The number of carbonyl (C=O) groups is 6. The summed E-state index contributed by atoms with van der Waals surface area (Å²) in [4.78, 5) is 71.0. The molecule has 9 N–H and O–H groups in total. The lowest BCUT2D eigenvalue weighted by atomic mass is 10.0. The Morgan fingerprint density at radius 2 is 1.22 bits per heavy atom. The van der Waals surface area contributed by atoms with Gasteiger partial charge in [-0.3, -0.25) is 24.0 Å². The lowest BCUT2D eigenvalue weighted by Gasteiger charge is -2.24. The molecule has 1 aromatic carbocycles. The minimum atomic E-state index is -1.54. The average molecular weight is 543 g/mol. The van der Waals surface area contributed by atoms with E-state index < -0.39 is 79.1 Å². The smallest absolute Gasteiger partial charge is 0.326 e. The molecule has 1 rings (SSSR count). The highest BCUT2D eigenvalue weighted by Gasteiger charge is 2.30. The van der Waals surface area contributed by atoms with Crippen molar-refractivity contribution in [2.24, 2.45) is 5.73 Å². The van der Waals surface area contributed by atoms with Crippen LogP contribution in [-0.4, -0.2) is 86.0 Å². The summed E-state index contributed by atoms with van der Waals surface area (Å²) in [5.74, 6) is -6.92. The van der Waals surface area contributed by atoms with Gasteiger partial charge in [-0.15, -0.1) is 0 Å². The second kappa shape index (κ2) is 15.3. The number of hydrogen-bond donors (Lipinski definition) is 9. The zero-order valence-corrected chi connectivity index (χ0v) is 20.5. The maximum Gasteiger partial charge on any atom is 0.326 e. The first kappa shape index (κ1) is 31.2. The summed E-state index contributed by atoms with van der Waals surface area (Å²) in [5.41, 5.74) is 6.52. The zero-order valence-electron chi connectivity index (χ0n) is 19.6. The van der Waals surface area contributed by atoms with Crippen LogP contribution in [0.1, 0.15) is 31.2 Å². The van der Waals surface area contributed by atoms with E-state index in [0.717, 1.165) is 0 Å². The summed E-state index contributed by atoms with van der Waals surface area (Å²) >= 11 is 3.97. The van der Waals surface area contributed by atoms with Gasteiger partial charge >= 0.3 is 17.9 Å². The Morgan fingerprint density at radius 1 is 0.757 bits per heavy atom. The first-order valence-corrected chi connectivity index (χ1v) is 11.7. The number of carboxylic acid groups (broad SMARTS) is 3. The quantitative estimate of drug-likeness (QED) is 0.108. The number of phenolic OH excluding ortho intramolecular Hbond substituents is 1. The van der Waals surface area contributed by atoms with E-state index in [9.17, 15) is 39.0 Å². The molecule has 1 aromatic rings. The minimum absolute atomic E-state index is 0.0199. The van der Waals surface area contributed by atoms with Gasteiger partial charge in [-0.2, -0.15) is 12.6 Å². The van der Waals surface area contributed by atoms with E-state index in [1.165, 1.54) is 12.1 Å². The molecule has 0 spiro atoms. The number of aromatic hydroxyl groups is 1. The van der Waals surface area contributed by atoms with E-state index >= 15 is 0 Å². The zero-order chi connectivity index (χ0) is 28.1. The molecule has 0 aromatic heterocycles. The van der Waals surface area contributed by atoms with Crippen molar-refractivity contribution in [2.75, 3.05) is 5.75 Å². The van der Waals surface area contributed by atoms with Gasteiger partial charge in [0.05, 0.1) is 6.04 Å². The van der Waals surface area contributed by atoms with Gasteiger partial charge in [0, 0.05) is 18.6 Å². The van der Waals surface area contributed by atoms with Crippen molar-refractivity contribution < 1.29 is 49.2 Å². The van der Waals surface area contributed by atoms with E-state index in [0.29, 0.717) is 5.56 Å². The number of nitrogens with one attached hydrogen (secondary N) is 3. The molecule has 37 heavy (non-hydrogen) atoms. The Balaban J connectivity index is 2.88. The van der Waals surface area contributed by atoms with Gasteiger partial charge < -0.3 is 42.1 Å². The maximum absolute atomic E-state index is 12.8. The highest BCUT2D eigenvalue weighted by Crippen LogP contribution is 2.11. The molecule has 0 saturated heterocycles. The Hall–Kier alpha value is -3.85. The summed E-state index contributed by atoms with van der Waals surface area (Å²) in [6.07, 6.45) is -1.72. The van der Waals surface area contributed by atoms with Gasteiger partial charge in [0.1, 0.15) is 23.9 Å². The predicted octanol–water partition coefficient (Wildman–Crippen LogP) is -1.54. The Morgan fingerprint density at radius 3 is 1.70 bits per heavy atom. The van der Waals surface area contributed by atoms with Crippen LogP contribution in [0.15, 0.2) is 24.3 Å². The Kier molecular flexibility index (Phi) is 12.9. The first-order valence-electron chi connectivity index (χ1n) is 11.1. The van der Waals surface area contributed by atoms with Crippen LogP contribution in [0.2, 0.25) is 0 Å². The number of amides is 3. The monoisotopic (exact) mass is 542 g/mol. The van der Waals surface area contributed by atoms with Crippen LogP contribution < -0.4 is 21.7 Å². The molecule has 0 heterocycles. The number of nitrogens with two attached hydrogens (primary N) is 1. The highest BCUT2D eigenvalue weighted by molar-refractivity contribution is 7.80. The van der Waals surface area contributed by atoms with E-state index in [1.807, 2.05) is 0 Å². The van der Waals surface area contributed by atoms with Crippen molar-refractivity contribution in [2.45, 2.75) is 56.3 Å². The highest BCUT2D eigenvalue weighted by atomic mass is 32.1. The molecule has 3 amide bonds. The summed E-state index contributed by atoms with van der Waals surface area (Å²) in [6, 6.07) is 0.471. The standard InChI is InChI=1S/C22H30N4O10S/c23-13(9-11-1-3-12(27)4-2-11)19(32)24-14(5-7-17(28)29)20(33)26-16(10-37)21(34)25-15(22(35)36)6-8-18(30)31/h1-4,13-16,27,37H,5-10,23H2,(H,24,32)(H,25,34)(H,26,33)(H,28,29)(H,30,31)(H,35,36). The van der Waals surface area contributed by atoms with Crippen molar-refractivity contribution in [1.82, 2.24) is 16.0 Å². The fraction of sp³-hybridized carbons (Fsp3) is 0.455. The van der Waals surface area contributed by atoms with Gasteiger partial charge in [-0.25, -0.2) is 4.79 Å². The molecule has 0 aliphatic heterocycles. The molecular formula is C22H30N4O10S. The molecule has 0 aliphatic rings. The van der Waals surface area contributed by atoms with Crippen LogP contribution in [-0.2, 0) is 35.2 Å². The molecule has 15 heteroatoms. The van der Waals surface area contributed by atoms with Gasteiger partial charge in [-0.05, 0) is 37.0 Å². The molecule has 4 atom stereocenters. The maximum atomic E-state index is 12.8. The summed E-state index contributed by atoms with van der Waals surface area (Å²) in [6.45, 7) is 0. The number of rotatable bonds is 16. The minimum Gasteiger partial charge on any atom is -0.508 e. The number of carboxylic acids is 3. The van der Waals surface area contributed by atoms with E-state index in [-0.39, 0.29) is 24.3 Å². The molecule has 0 saturated carbocycles. The van der Waals surface area contributed by atoms with Crippen molar-refractivity contribution in [3.05, 3.63) is 29.8 Å². The molecule has 204 valence electrons. The molecule has 4 unspecified atom stereocenters. The van der Waals surface area contributed by atoms with Crippen molar-refractivity contribution >= 4 is 48.3 Å². The third kappa shape index (κ3) is 11.6. The number of benzene rings is 1. The van der Waals surface area contributed by atoms with Crippen LogP contribution in [0.3, 0.4) is 0 Å². The molecule has 14 nitrogen and oxygen atoms in total. The van der Waals surface area contributed by atoms with Crippen LogP contribution in [0.4, 0.5) is 0 Å². The number of hydrogen-bond acceptors (Lipinski definition) is 9. The number of carbonyl (C=O) groups excluding carboxylic acids is 3. The molecule has 0 radical (unpaired) electrons. The van der Waals surface area contributed by atoms with Gasteiger partial charge in [0.15, 0.2) is 0 Å². The van der Waals surface area contributed by atoms with Crippen LogP contribution in [0, 0.1) is 0 Å². The SMILES string of the molecule is NC(Cc1ccc(O)cc1)C(=O)NC(CCC(=O)O)C(=O)NC(CS)C(=O)NC(CCC(=O)O)C(=O)O. The molecule has 0 fully saturated rings. The first-order chi connectivity index (χ1) is 17.3. The summed E-state index contributed by atoms with van der Waals surface area (Å²) in [7, 11) is 0. The Labute approximate surface area is 217 Å². The summed E-state index contributed by atoms with van der Waals surface area (Å²) in [5, 5.41) is 43.1. The topological polar surface area (TPSA) is 245 Å². The van der Waals surface area contributed by atoms with E-state index in [1.54, 1.807) is 12.1 Å². The average Bonchev–Trinajstić information content (AvgIpc) is 2.83. The van der Waals surface area contributed by atoms with E-state index in [4.69, 9.17) is 15.9 Å². The lowest BCUT2D eigenvalue weighted by molar-refractivity contribution is -0.143.